The van der Waals surface area contributed by atoms with Crippen LogP contribution >= 0.6 is 12.4 Å². The predicted octanol–water partition coefficient (Wildman–Crippen LogP) is 3.14. The van der Waals surface area contributed by atoms with E-state index in [9.17, 15) is 4.39 Å². The average Bonchev–Trinajstić information content (AvgIpc) is 2.17. The van der Waals surface area contributed by atoms with Crippen LogP contribution in [0.15, 0.2) is 18.2 Å². The molecule has 84 valence electrons. The minimum absolute atomic E-state index is 0. The molecular formula is C11H15ClFNO. The minimum Gasteiger partial charge on any atom is -0.382 e. The van der Waals surface area contributed by atoms with E-state index in [1.165, 1.54) is 6.07 Å². The molecule has 0 saturated heterocycles. The second-order valence-corrected chi connectivity index (χ2v) is 3.74. The van der Waals surface area contributed by atoms with Crippen molar-refractivity contribution in [3.8, 4) is 0 Å². The summed E-state index contributed by atoms with van der Waals surface area (Å²) in [7, 11) is 1.66. The monoisotopic (exact) mass is 231 g/mol. The van der Waals surface area contributed by atoms with Crippen LogP contribution in [-0.4, -0.2) is 13.2 Å². The Morgan fingerprint density at radius 3 is 2.87 bits per heavy atom. The van der Waals surface area contributed by atoms with Crippen molar-refractivity contribution in [1.82, 2.24) is 0 Å². The molecular weight excluding hydrogens is 217 g/mol. The molecule has 1 aliphatic heterocycles. The van der Waals surface area contributed by atoms with Crippen molar-refractivity contribution in [3.63, 3.8) is 0 Å². The summed E-state index contributed by atoms with van der Waals surface area (Å²) in [5.74, 6) is -0.206. The first-order valence-electron chi connectivity index (χ1n) is 4.79. The third-order valence-electron chi connectivity index (χ3n) is 2.61. The average molecular weight is 232 g/mol. The van der Waals surface area contributed by atoms with Crippen LogP contribution in [0.5, 0.6) is 0 Å². The Labute approximate surface area is 95.2 Å². The van der Waals surface area contributed by atoms with Crippen LogP contribution in [-0.2, 0) is 4.74 Å². The molecule has 0 amide bonds. The highest BCUT2D eigenvalue weighted by atomic mass is 35.5. The second kappa shape index (κ2) is 4.81. The number of fused-ring (bicyclic) bond motifs is 1. The van der Waals surface area contributed by atoms with Crippen LogP contribution in [0.1, 0.15) is 25.0 Å². The topological polar surface area (TPSA) is 21.3 Å². The molecule has 2 atom stereocenters. The van der Waals surface area contributed by atoms with E-state index in [4.69, 9.17) is 4.74 Å². The maximum atomic E-state index is 13.0. The zero-order valence-electron chi connectivity index (χ0n) is 8.79. The van der Waals surface area contributed by atoms with E-state index in [-0.39, 0.29) is 24.3 Å². The van der Waals surface area contributed by atoms with E-state index in [1.807, 2.05) is 0 Å². The van der Waals surface area contributed by atoms with Gasteiger partial charge in [0.1, 0.15) is 5.82 Å². The number of rotatable bonds is 1. The van der Waals surface area contributed by atoms with Gasteiger partial charge in [-0.2, -0.15) is 0 Å². The summed E-state index contributed by atoms with van der Waals surface area (Å²) in [6.45, 7) is 2.10. The first-order chi connectivity index (χ1) is 6.70. The lowest BCUT2D eigenvalue weighted by molar-refractivity contribution is 0.0892. The Morgan fingerprint density at radius 1 is 1.47 bits per heavy atom. The number of nitrogens with one attached hydrogen (secondary N) is 1. The maximum absolute atomic E-state index is 13.0. The van der Waals surface area contributed by atoms with Crippen molar-refractivity contribution >= 4 is 18.1 Å². The lowest BCUT2D eigenvalue weighted by Gasteiger charge is -2.30. The van der Waals surface area contributed by atoms with Gasteiger partial charge in [0.2, 0.25) is 0 Å². The largest absolute Gasteiger partial charge is 0.382 e. The molecule has 0 spiro atoms. The molecule has 0 aliphatic carbocycles. The first kappa shape index (κ1) is 12.3. The number of hydrogen-bond donors (Lipinski definition) is 1. The number of halogens is 2. The van der Waals surface area contributed by atoms with Gasteiger partial charge < -0.3 is 10.1 Å². The molecule has 1 aliphatic rings. The molecule has 0 radical (unpaired) electrons. The summed E-state index contributed by atoms with van der Waals surface area (Å²) in [5.41, 5.74) is 1.91. The summed E-state index contributed by atoms with van der Waals surface area (Å²) >= 11 is 0. The Morgan fingerprint density at radius 2 is 2.20 bits per heavy atom. The van der Waals surface area contributed by atoms with Gasteiger partial charge >= 0.3 is 0 Å². The molecule has 15 heavy (non-hydrogen) atoms. The van der Waals surface area contributed by atoms with Gasteiger partial charge in [-0.25, -0.2) is 4.39 Å². The molecule has 1 aromatic rings. The summed E-state index contributed by atoms with van der Waals surface area (Å²) in [4.78, 5) is 0. The van der Waals surface area contributed by atoms with E-state index in [0.29, 0.717) is 6.04 Å². The van der Waals surface area contributed by atoms with Crippen molar-refractivity contribution < 1.29 is 9.13 Å². The lowest BCUT2D eigenvalue weighted by atomic mass is 9.96. The Balaban J connectivity index is 0.00000112. The summed E-state index contributed by atoms with van der Waals surface area (Å²) in [6.07, 6.45) is 0.893. The first-order valence-corrected chi connectivity index (χ1v) is 4.79. The van der Waals surface area contributed by atoms with Gasteiger partial charge in [-0.05, 0) is 31.5 Å². The highest BCUT2D eigenvalue weighted by Gasteiger charge is 2.23. The molecule has 0 bridgehead atoms. The molecule has 0 fully saturated rings. The van der Waals surface area contributed by atoms with Gasteiger partial charge in [0.05, 0.1) is 6.10 Å². The lowest BCUT2D eigenvalue weighted by Crippen LogP contribution is -2.26. The molecule has 4 heteroatoms. The minimum atomic E-state index is -0.206. The van der Waals surface area contributed by atoms with Crippen molar-refractivity contribution in [2.24, 2.45) is 0 Å². The van der Waals surface area contributed by atoms with E-state index in [0.717, 1.165) is 17.7 Å². The third kappa shape index (κ3) is 2.41. The molecule has 1 N–H and O–H groups in total. The smallest absolute Gasteiger partial charge is 0.123 e. The fourth-order valence-electron chi connectivity index (χ4n) is 1.93. The molecule has 0 saturated carbocycles. The van der Waals surface area contributed by atoms with Crippen molar-refractivity contribution in [1.29, 1.82) is 0 Å². The Bertz CT molecular complexity index is 345. The van der Waals surface area contributed by atoms with E-state index in [1.54, 1.807) is 19.2 Å². The van der Waals surface area contributed by atoms with Gasteiger partial charge in [-0.3, -0.25) is 0 Å². The number of benzene rings is 1. The van der Waals surface area contributed by atoms with E-state index < -0.39 is 0 Å². The van der Waals surface area contributed by atoms with E-state index in [2.05, 4.69) is 12.2 Å². The molecule has 1 aromatic carbocycles. The van der Waals surface area contributed by atoms with E-state index >= 15 is 0 Å². The van der Waals surface area contributed by atoms with Crippen LogP contribution < -0.4 is 5.32 Å². The van der Waals surface area contributed by atoms with Crippen LogP contribution in [0.3, 0.4) is 0 Å². The summed E-state index contributed by atoms with van der Waals surface area (Å²) in [5, 5.41) is 3.30. The standard InChI is InChI=1S/C11H14FNO.ClH/c1-7-5-11(14-2)9-6-8(12)3-4-10(9)13-7;/h3-4,6-7,11,13H,5H2,1-2H3;1H. The third-order valence-corrected chi connectivity index (χ3v) is 2.61. The van der Waals surface area contributed by atoms with Crippen molar-refractivity contribution in [3.05, 3.63) is 29.6 Å². The Hall–Kier alpha value is -0.800. The van der Waals surface area contributed by atoms with Crippen LogP contribution in [0.4, 0.5) is 10.1 Å². The summed E-state index contributed by atoms with van der Waals surface area (Å²) < 4.78 is 18.4. The van der Waals surface area contributed by atoms with Crippen molar-refractivity contribution in [2.45, 2.75) is 25.5 Å². The second-order valence-electron chi connectivity index (χ2n) is 3.74. The zero-order chi connectivity index (χ0) is 10.1. The van der Waals surface area contributed by atoms with Crippen molar-refractivity contribution in [2.75, 3.05) is 12.4 Å². The fourth-order valence-corrected chi connectivity index (χ4v) is 1.93. The molecule has 0 aromatic heterocycles. The van der Waals surface area contributed by atoms with Crippen LogP contribution in [0.25, 0.3) is 0 Å². The summed E-state index contributed by atoms with van der Waals surface area (Å²) in [6, 6.07) is 5.16. The van der Waals surface area contributed by atoms with Gasteiger partial charge in [0, 0.05) is 24.4 Å². The number of hydrogen-bond acceptors (Lipinski definition) is 2. The van der Waals surface area contributed by atoms with Gasteiger partial charge in [0.25, 0.3) is 0 Å². The van der Waals surface area contributed by atoms with Crippen LogP contribution in [0.2, 0.25) is 0 Å². The highest BCUT2D eigenvalue weighted by Crippen LogP contribution is 2.34. The number of anilines is 1. The van der Waals surface area contributed by atoms with Crippen LogP contribution in [0, 0.1) is 5.82 Å². The quantitative estimate of drug-likeness (QED) is 0.802. The fraction of sp³-hybridized carbons (Fsp3) is 0.455. The number of ether oxygens (including phenoxy) is 1. The number of methoxy groups -OCH3 is 1. The highest BCUT2D eigenvalue weighted by molar-refractivity contribution is 5.85. The molecule has 1 heterocycles. The Kier molecular flexibility index (Phi) is 3.94. The SMILES string of the molecule is COC1CC(C)Nc2ccc(F)cc21.Cl. The normalized spacial score (nSPS) is 23.7. The zero-order valence-corrected chi connectivity index (χ0v) is 9.60. The predicted molar refractivity (Wildman–Crippen MR) is 61.1 cm³/mol. The van der Waals surface area contributed by atoms with Gasteiger partial charge in [0.15, 0.2) is 0 Å². The maximum Gasteiger partial charge on any atom is 0.123 e. The van der Waals surface area contributed by atoms with Gasteiger partial charge in [-0.15, -0.1) is 12.4 Å². The molecule has 2 rings (SSSR count). The molecule has 2 nitrogen and oxygen atoms in total. The van der Waals surface area contributed by atoms with Gasteiger partial charge in [-0.1, -0.05) is 0 Å². The molecule has 2 unspecified atom stereocenters.